The summed E-state index contributed by atoms with van der Waals surface area (Å²) in [5, 5.41) is 3.30. The first kappa shape index (κ1) is 14.4. The Labute approximate surface area is 125 Å². The van der Waals surface area contributed by atoms with Gasteiger partial charge in [0.2, 0.25) is 0 Å². The summed E-state index contributed by atoms with van der Waals surface area (Å²) < 4.78 is 40.5. The lowest BCUT2D eigenvalue weighted by Gasteiger charge is -2.10. The Morgan fingerprint density at radius 2 is 1.67 bits per heavy atom. The number of hydrogen-bond acceptors (Lipinski definition) is 1. The van der Waals surface area contributed by atoms with Crippen molar-refractivity contribution in [1.29, 1.82) is 0 Å². The average Bonchev–Trinajstić information content (AvgIpc) is 3.26. The molecule has 1 aliphatic carbocycles. The van der Waals surface area contributed by atoms with Gasteiger partial charge >= 0.3 is 0 Å². The zero-order chi connectivity index (χ0) is 15.0. The summed E-state index contributed by atoms with van der Waals surface area (Å²) in [5.74, 6) is -2.61. The maximum Gasteiger partial charge on any atom is 0.160 e. The zero-order valence-corrected chi connectivity index (χ0v) is 11.9. The van der Waals surface area contributed by atoms with Gasteiger partial charge in [-0.2, -0.15) is 0 Å². The van der Waals surface area contributed by atoms with Crippen LogP contribution in [-0.4, -0.2) is 6.04 Å². The Morgan fingerprint density at radius 3 is 2.38 bits per heavy atom. The van der Waals surface area contributed by atoms with E-state index in [1.165, 1.54) is 6.07 Å². The van der Waals surface area contributed by atoms with Gasteiger partial charge in [0.15, 0.2) is 11.6 Å². The summed E-state index contributed by atoms with van der Waals surface area (Å²) in [7, 11) is 0. The largest absolute Gasteiger partial charge is 0.310 e. The predicted octanol–water partition coefficient (Wildman–Crippen LogP) is 4.68. The van der Waals surface area contributed by atoms with Crippen LogP contribution in [-0.2, 0) is 6.54 Å². The van der Waals surface area contributed by atoms with E-state index in [2.05, 4.69) is 5.32 Å². The molecule has 0 bridgehead atoms. The Balaban J connectivity index is 1.96. The maximum atomic E-state index is 14.0. The highest BCUT2D eigenvalue weighted by atomic mass is 35.5. The topological polar surface area (TPSA) is 12.0 Å². The van der Waals surface area contributed by atoms with Crippen molar-refractivity contribution in [3.63, 3.8) is 0 Å². The summed E-state index contributed by atoms with van der Waals surface area (Å²) in [6, 6.07) is 6.92. The van der Waals surface area contributed by atoms with Crippen LogP contribution in [0.4, 0.5) is 13.2 Å². The maximum absolute atomic E-state index is 14.0. The van der Waals surface area contributed by atoms with Gasteiger partial charge in [0.25, 0.3) is 0 Å². The Bertz CT molecular complexity index is 683. The quantitative estimate of drug-likeness (QED) is 0.809. The number of nitrogens with one attached hydrogen (secondary N) is 1. The fourth-order valence-corrected chi connectivity index (χ4v) is 2.42. The standard InChI is InChI=1S/C16H13ClF3N/c17-13-7-16(20)15(19)6-11(13)12-5-9(1-4-14(12)18)8-21-10-2-3-10/h1,4-7,10,21H,2-3,8H2. The minimum Gasteiger partial charge on any atom is -0.310 e. The Morgan fingerprint density at radius 1 is 0.952 bits per heavy atom. The number of rotatable bonds is 4. The summed E-state index contributed by atoms with van der Waals surface area (Å²) in [5.41, 5.74) is 1.20. The molecule has 1 aliphatic rings. The molecule has 1 saturated carbocycles. The van der Waals surface area contributed by atoms with Crippen LogP contribution in [0.3, 0.4) is 0 Å². The van der Waals surface area contributed by atoms with Crippen LogP contribution >= 0.6 is 11.6 Å². The minimum atomic E-state index is -1.05. The van der Waals surface area contributed by atoms with Crippen LogP contribution in [0.15, 0.2) is 30.3 Å². The third kappa shape index (κ3) is 3.22. The fourth-order valence-electron chi connectivity index (χ4n) is 2.17. The van der Waals surface area contributed by atoms with Crippen LogP contribution in [0.2, 0.25) is 5.02 Å². The first-order valence-corrected chi connectivity index (χ1v) is 7.09. The van der Waals surface area contributed by atoms with Crippen molar-refractivity contribution in [3.8, 4) is 11.1 Å². The van der Waals surface area contributed by atoms with Crippen molar-refractivity contribution in [1.82, 2.24) is 5.32 Å². The smallest absolute Gasteiger partial charge is 0.160 e. The lowest BCUT2D eigenvalue weighted by atomic mass is 10.0. The van der Waals surface area contributed by atoms with Gasteiger partial charge in [-0.05, 0) is 42.7 Å². The molecule has 0 aromatic heterocycles. The highest BCUT2D eigenvalue weighted by molar-refractivity contribution is 6.33. The Kier molecular flexibility index (Phi) is 3.91. The molecule has 1 fully saturated rings. The normalized spacial score (nSPS) is 14.5. The zero-order valence-electron chi connectivity index (χ0n) is 11.1. The molecule has 5 heteroatoms. The molecule has 3 rings (SSSR count). The molecule has 2 aromatic rings. The van der Waals surface area contributed by atoms with E-state index in [-0.39, 0.29) is 16.1 Å². The molecule has 110 valence electrons. The molecule has 0 heterocycles. The van der Waals surface area contributed by atoms with Gasteiger partial charge in [-0.1, -0.05) is 17.7 Å². The second kappa shape index (κ2) is 5.70. The minimum absolute atomic E-state index is 0.0138. The van der Waals surface area contributed by atoms with Crippen molar-refractivity contribution in [2.24, 2.45) is 0 Å². The van der Waals surface area contributed by atoms with Crippen molar-refractivity contribution < 1.29 is 13.2 Å². The first-order chi connectivity index (χ1) is 10.0. The molecule has 21 heavy (non-hydrogen) atoms. The summed E-state index contributed by atoms with van der Waals surface area (Å²) in [4.78, 5) is 0. The molecule has 0 atom stereocenters. The van der Waals surface area contributed by atoms with E-state index >= 15 is 0 Å². The van der Waals surface area contributed by atoms with Crippen LogP contribution in [0, 0.1) is 17.5 Å². The SMILES string of the molecule is Fc1cc(Cl)c(-c2cc(CNC3CC3)ccc2F)cc1F. The van der Waals surface area contributed by atoms with Crippen molar-refractivity contribution in [2.75, 3.05) is 0 Å². The lowest BCUT2D eigenvalue weighted by molar-refractivity contribution is 0.509. The highest BCUT2D eigenvalue weighted by Gasteiger charge is 2.20. The van der Waals surface area contributed by atoms with Crippen molar-refractivity contribution >= 4 is 11.6 Å². The summed E-state index contributed by atoms with van der Waals surface area (Å²) in [6.07, 6.45) is 2.31. The summed E-state index contributed by atoms with van der Waals surface area (Å²) in [6.45, 7) is 0.610. The second-order valence-corrected chi connectivity index (χ2v) is 5.62. The lowest BCUT2D eigenvalue weighted by Crippen LogP contribution is -2.15. The first-order valence-electron chi connectivity index (χ1n) is 6.71. The molecule has 0 amide bonds. The van der Waals surface area contributed by atoms with Gasteiger partial charge in [0.1, 0.15) is 5.82 Å². The van der Waals surface area contributed by atoms with Gasteiger partial charge in [-0.25, -0.2) is 13.2 Å². The molecule has 0 radical (unpaired) electrons. The number of halogens is 4. The molecular weight excluding hydrogens is 299 g/mol. The van der Waals surface area contributed by atoms with E-state index in [4.69, 9.17) is 11.6 Å². The monoisotopic (exact) mass is 311 g/mol. The molecule has 2 aromatic carbocycles. The molecule has 0 spiro atoms. The van der Waals surface area contributed by atoms with Crippen molar-refractivity contribution in [3.05, 3.63) is 58.4 Å². The van der Waals surface area contributed by atoms with E-state index < -0.39 is 17.5 Å². The molecule has 1 nitrogen and oxygen atoms in total. The van der Waals surface area contributed by atoms with E-state index in [1.807, 2.05) is 0 Å². The number of hydrogen-bond donors (Lipinski definition) is 1. The van der Waals surface area contributed by atoms with Crippen LogP contribution < -0.4 is 5.32 Å². The van der Waals surface area contributed by atoms with Gasteiger partial charge < -0.3 is 5.32 Å². The third-order valence-electron chi connectivity index (χ3n) is 3.50. The van der Waals surface area contributed by atoms with Crippen LogP contribution in [0.5, 0.6) is 0 Å². The third-order valence-corrected chi connectivity index (χ3v) is 3.82. The predicted molar refractivity (Wildman–Crippen MR) is 76.6 cm³/mol. The Hall–Kier alpha value is -1.52. The van der Waals surface area contributed by atoms with Gasteiger partial charge in [-0.15, -0.1) is 0 Å². The van der Waals surface area contributed by atoms with E-state index in [9.17, 15) is 13.2 Å². The van der Waals surface area contributed by atoms with E-state index in [0.717, 1.165) is 30.5 Å². The van der Waals surface area contributed by atoms with Crippen molar-refractivity contribution in [2.45, 2.75) is 25.4 Å². The molecular formula is C16H13ClF3N. The average molecular weight is 312 g/mol. The molecule has 0 aliphatic heterocycles. The van der Waals surface area contributed by atoms with Gasteiger partial charge in [0, 0.05) is 23.7 Å². The van der Waals surface area contributed by atoms with Gasteiger partial charge in [-0.3, -0.25) is 0 Å². The fraction of sp³-hybridized carbons (Fsp3) is 0.250. The van der Waals surface area contributed by atoms with Gasteiger partial charge in [0.05, 0.1) is 5.02 Å². The molecule has 0 unspecified atom stereocenters. The van der Waals surface area contributed by atoms with Crippen LogP contribution in [0.1, 0.15) is 18.4 Å². The molecule has 1 N–H and O–H groups in total. The highest BCUT2D eigenvalue weighted by Crippen LogP contribution is 2.32. The van der Waals surface area contributed by atoms with E-state index in [0.29, 0.717) is 12.6 Å². The van der Waals surface area contributed by atoms with E-state index in [1.54, 1.807) is 12.1 Å². The summed E-state index contributed by atoms with van der Waals surface area (Å²) >= 11 is 5.91. The second-order valence-electron chi connectivity index (χ2n) is 5.22. The molecule has 0 saturated heterocycles. The number of benzene rings is 2. The van der Waals surface area contributed by atoms with Crippen LogP contribution in [0.25, 0.3) is 11.1 Å².